The molecule has 138 valence electrons. The number of carbonyl (C=O) groups is 2. The first-order chi connectivity index (χ1) is 11.9. The summed E-state index contributed by atoms with van der Waals surface area (Å²) in [6.07, 6.45) is 7.45. The third kappa shape index (κ3) is 5.73. The van der Waals surface area contributed by atoms with Crippen LogP contribution in [0.3, 0.4) is 0 Å². The van der Waals surface area contributed by atoms with Gasteiger partial charge in [-0.05, 0) is 57.6 Å². The molecular weight excluding hydrogens is 318 g/mol. The maximum atomic E-state index is 12.4. The number of aryl methyl sites for hydroxylation is 1. The van der Waals surface area contributed by atoms with Crippen molar-refractivity contribution < 1.29 is 14.3 Å². The molecule has 2 heterocycles. The van der Waals surface area contributed by atoms with Gasteiger partial charge in [-0.2, -0.15) is 0 Å². The highest BCUT2D eigenvalue weighted by Crippen LogP contribution is 2.20. The summed E-state index contributed by atoms with van der Waals surface area (Å²) in [6, 6.07) is 3.26. The molecule has 1 aromatic rings. The fraction of sp³-hybridized carbons (Fsp3) is 0.632. The summed E-state index contributed by atoms with van der Waals surface area (Å²) in [5, 5.41) is 2.99. The minimum atomic E-state index is -0.467. The highest BCUT2D eigenvalue weighted by atomic mass is 16.5. The second-order valence-corrected chi connectivity index (χ2v) is 7.15. The van der Waals surface area contributed by atoms with Gasteiger partial charge >= 0.3 is 12.0 Å². The Bertz CT molecular complexity index is 575. The summed E-state index contributed by atoms with van der Waals surface area (Å²) < 4.78 is 5.40. The largest absolute Gasteiger partial charge is 0.464 e. The summed E-state index contributed by atoms with van der Waals surface area (Å²) in [4.78, 5) is 30.5. The molecule has 1 aliphatic rings. The average Bonchev–Trinajstić information content (AvgIpc) is 3.09. The number of hydrogen-bond acceptors (Lipinski definition) is 4. The second kappa shape index (κ2) is 8.83. The van der Waals surface area contributed by atoms with E-state index in [1.54, 1.807) is 11.1 Å². The number of ether oxygens (including phenoxy) is 1. The van der Waals surface area contributed by atoms with E-state index in [9.17, 15) is 9.59 Å². The molecule has 1 atom stereocenters. The Morgan fingerprint density at radius 2 is 2.24 bits per heavy atom. The van der Waals surface area contributed by atoms with Crippen molar-refractivity contribution >= 4 is 12.0 Å². The first kappa shape index (κ1) is 19.2. The van der Waals surface area contributed by atoms with Gasteiger partial charge in [-0.3, -0.25) is 4.98 Å². The summed E-state index contributed by atoms with van der Waals surface area (Å²) in [7, 11) is 0. The Labute approximate surface area is 150 Å². The second-order valence-electron chi connectivity index (χ2n) is 7.15. The number of rotatable bonds is 7. The first-order valence-corrected chi connectivity index (χ1v) is 9.07. The molecule has 0 spiro atoms. The van der Waals surface area contributed by atoms with Gasteiger partial charge in [0.05, 0.1) is 6.61 Å². The van der Waals surface area contributed by atoms with Crippen LogP contribution in [0.2, 0.25) is 0 Å². The fourth-order valence-corrected chi connectivity index (χ4v) is 2.80. The Morgan fingerprint density at radius 3 is 2.92 bits per heavy atom. The predicted molar refractivity (Wildman–Crippen MR) is 96.1 cm³/mol. The van der Waals surface area contributed by atoms with Gasteiger partial charge in [-0.25, -0.2) is 9.59 Å². The molecule has 2 rings (SSSR count). The third-order valence-electron chi connectivity index (χ3n) is 4.69. The van der Waals surface area contributed by atoms with E-state index in [0.29, 0.717) is 19.6 Å². The van der Waals surface area contributed by atoms with Crippen LogP contribution in [0, 0.1) is 0 Å². The number of nitrogens with zero attached hydrogens (tertiary/aromatic N) is 2. The van der Waals surface area contributed by atoms with Crippen LogP contribution >= 0.6 is 0 Å². The smallest absolute Gasteiger partial charge is 0.328 e. The first-order valence-electron chi connectivity index (χ1n) is 9.07. The number of aromatic nitrogens is 1. The maximum absolute atomic E-state index is 12.4. The number of likely N-dealkylation sites (tertiary alicyclic amines) is 1. The van der Waals surface area contributed by atoms with Gasteiger partial charge < -0.3 is 15.0 Å². The molecule has 6 nitrogen and oxygen atoms in total. The summed E-state index contributed by atoms with van der Waals surface area (Å²) in [6.45, 7) is 6.94. The zero-order valence-electron chi connectivity index (χ0n) is 15.5. The molecule has 1 N–H and O–H groups in total. The lowest BCUT2D eigenvalue weighted by molar-refractivity contribution is -0.148. The molecule has 1 aliphatic heterocycles. The number of hydrogen-bond donors (Lipinski definition) is 1. The number of esters is 1. The van der Waals surface area contributed by atoms with Crippen molar-refractivity contribution in [2.45, 2.75) is 64.5 Å². The van der Waals surface area contributed by atoms with Gasteiger partial charge in [0.25, 0.3) is 0 Å². The SMILES string of the molecule is CCC(C)(C)NC(=O)N1CCC[C@H]1C(=O)OCCCc1cccnc1. The van der Waals surface area contributed by atoms with Crippen molar-refractivity contribution in [2.75, 3.05) is 13.2 Å². The fourth-order valence-electron chi connectivity index (χ4n) is 2.80. The van der Waals surface area contributed by atoms with Crippen molar-refractivity contribution in [3.63, 3.8) is 0 Å². The van der Waals surface area contributed by atoms with Crippen LogP contribution in [0.4, 0.5) is 4.79 Å². The monoisotopic (exact) mass is 347 g/mol. The average molecular weight is 347 g/mol. The minimum absolute atomic E-state index is 0.179. The molecule has 2 amide bonds. The van der Waals surface area contributed by atoms with E-state index in [4.69, 9.17) is 4.74 Å². The van der Waals surface area contributed by atoms with Crippen LogP contribution in [-0.2, 0) is 16.0 Å². The van der Waals surface area contributed by atoms with Gasteiger partial charge in [0, 0.05) is 24.5 Å². The highest BCUT2D eigenvalue weighted by Gasteiger charge is 2.36. The Kier molecular flexibility index (Phi) is 6.79. The summed E-state index contributed by atoms with van der Waals surface area (Å²) in [5.41, 5.74) is 0.847. The molecule has 1 saturated heterocycles. The molecule has 1 fully saturated rings. The van der Waals surface area contributed by atoms with Crippen LogP contribution < -0.4 is 5.32 Å². The lowest BCUT2D eigenvalue weighted by atomic mass is 10.0. The Morgan fingerprint density at radius 1 is 1.44 bits per heavy atom. The van der Waals surface area contributed by atoms with Crippen molar-refractivity contribution in [1.29, 1.82) is 0 Å². The number of urea groups is 1. The van der Waals surface area contributed by atoms with E-state index < -0.39 is 6.04 Å². The van der Waals surface area contributed by atoms with E-state index >= 15 is 0 Å². The molecule has 0 aliphatic carbocycles. The molecule has 25 heavy (non-hydrogen) atoms. The van der Waals surface area contributed by atoms with E-state index in [2.05, 4.69) is 10.3 Å². The zero-order chi connectivity index (χ0) is 18.3. The molecule has 0 radical (unpaired) electrons. The van der Waals surface area contributed by atoms with Gasteiger partial charge in [-0.15, -0.1) is 0 Å². The summed E-state index contributed by atoms with van der Waals surface area (Å²) >= 11 is 0. The molecule has 0 aromatic carbocycles. The molecule has 0 bridgehead atoms. The van der Waals surface area contributed by atoms with E-state index in [0.717, 1.165) is 31.2 Å². The van der Waals surface area contributed by atoms with E-state index in [-0.39, 0.29) is 17.5 Å². The highest BCUT2D eigenvalue weighted by molar-refractivity contribution is 5.84. The summed E-state index contributed by atoms with van der Waals surface area (Å²) in [5.74, 6) is -0.298. The van der Waals surface area contributed by atoms with E-state index in [1.165, 1.54) is 0 Å². The van der Waals surface area contributed by atoms with Crippen LogP contribution in [0.5, 0.6) is 0 Å². The topological polar surface area (TPSA) is 71.5 Å². The van der Waals surface area contributed by atoms with Gasteiger partial charge in [0.1, 0.15) is 6.04 Å². The Balaban J connectivity index is 1.78. The normalized spacial score (nSPS) is 17.4. The third-order valence-corrected chi connectivity index (χ3v) is 4.69. The Hall–Kier alpha value is -2.11. The van der Waals surface area contributed by atoms with Crippen LogP contribution in [0.1, 0.15) is 52.0 Å². The van der Waals surface area contributed by atoms with Crippen LogP contribution in [-0.4, -0.2) is 46.6 Å². The van der Waals surface area contributed by atoms with Crippen molar-refractivity contribution in [3.8, 4) is 0 Å². The molecule has 0 unspecified atom stereocenters. The number of carbonyl (C=O) groups excluding carboxylic acids is 2. The van der Waals surface area contributed by atoms with Gasteiger partial charge in [-0.1, -0.05) is 13.0 Å². The van der Waals surface area contributed by atoms with Gasteiger partial charge in [0.2, 0.25) is 0 Å². The molecular formula is C19H29N3O3. The van der Waals surface area contributed by atoms with Crippen molar-refractivity contribution in [1.82, 2.24) is 15.2 Å². The van der Waals surface area contributed by atoms with Crippen molar-refractivity contribution in [2.24, 2.45) is 0 Å². The number of amides is 2. The number of pyridine rings is 1. The molecule has 0 saturated carbocycles. The lowest BCUT2D eigenvalue weighted by Crippen LogP contribution is -2.52. The van der Waals surface area contributed by atoms with E-state index in [1.807, 2.05) is 39.1 Å². The minimum Gasteiger partial charge on any atom is -0.464 e. The van der Waals surface area contributed by atoms with Gasteiger partial charge in [0.15, 0.2) is 0 Å². The molecule has 1 aromatic heterocycles. The predicted octanol–water partition coefficient (Wildman–Crippen LogP) is 2.92. The lowest BCUT2D eigenvalue weighted by Gasteiger charge is -2.30. The zero-order valence-corrected chi connectivity index (χ0v) is 15.5. The maximum Gasteiger partial charge on any atom is 0.328 e. The molecule has 6 heteroatoms. The van der Waals surface area contributed by atoms with Crippen LogP contribution in [0.25, 0.3) is 0 Å². The standard InChI is InChI=1S/C19H29N3O3/c1-4-19(2,3)21-18(24)22-12-6-10-16(22)17(23)25-13-7-9-15-8-5-11-20-14-15/h5,8,11,14,16H,4,6-7,9-10,12-13H2,1-3H3,(H,21,24)/t16-/m0/s1. The van der Waals surface area contributed by atoms with Crippen molar-refractivity contribution in [3.05, 3.63) is 30.1 Å². The number of nitrogens with one attached hydrogen (secondary N) is 1. The van der Waals surface area contributed by atoms with Crippen LogP contribution in [0.15, 0.2) is 24.5 Å². The quantitative estimate of drug-likeness (QED) is 0.608.